The van der Waals surface area contributed by atoms with E-state index >= 15 is 0 Å². The predicted molar refractivity (Wildman–Crippen MR) is 77.1 cm³/mol. The molecule has 2 bridgehead atoms. The zero-order valence-electron chi connectivity index (χ0n) is 11.3. The van der Waals surface area contributed by atoms with Crippen LogP contribution in [0, 0.1) is 0 Å². The van der Waals surface area contributed by atoms with Crippen molar-refractivity contribution in [3.05, 3.63) is 22.7 Å². The van der Waals surface area contributed by atoms with Crippen LogP contribution in [0.3, 0.4) is 0 Å². The smallest absolute Gasteiger partial charge is 0.231 e. The van der Waals surface area contributed by atoms with Gasteiger partial charge < -0.3 is 15.2 Å². The third-order valence-electron chi connectivity index (χ3n) is 4.77. The van der Waals surface area contributed by atoms with Crippen LogP contribution in [0.5, 0.6) is 11.5 Å². The summed E-state index contributed by atoms with van der Waals surface area (Å²) in [5, 5.41) is 0.649. The van der Waals surface area contributed by atoms with Gasteiger partial charge in [-0.05, 0) is 43.4 Å². The summed E-state index contributed by atoms with van der Waals surface area (Å²) in [5.74, 6) is 1.45. The van der Waals surface area contributed by atoms with Gasteiger partial charge in [0.1, 0.15) is 0 Å². The van der Waals surface area contributed by atoms with Gasteiger partial charge in [-0.3, -0.25) is 4.90 Å². The van der Waals surface area contributed by atoms with Crippen LogP contribution in [0.1, 0.15) is 31.2 Å². The van der Waals surface area contributed by atoms with Gasteiger partial charge in [-0.15, -0.1) is 0 Å². The molecule has 0 aromatic heterocycles. The summed E-state index contributed by atoms with van der Waals surface area (Å²) in [5.41, 5.74) is 7.33. The summed E-state index contributed by atoms with van der Waals surface area (Å²) in [4.78, 5) is 2.59. The van der Waals surface area contributed by atoms with E-state index in [1.54, 1.807) is 0 Å². The minimum atomic E-state index is 0.266. The van der Waals surface area contributed by atoms with Gasteiger partial charge in [-0.1, -0.05) is 11.6 Å². The number of nitrogens with two attached hydrogens (primary N) is 1. The molecule has 5 heteroatoms. The van der Waals surface area contributed by atoms with Crippen molar-refractivity contribution in [2.45, 2.75) is 50.4 Å². The lowest BCUT2D eigenvalue weighted by Gasteiger charge is -2.37. The largest absolute Gasteiger partial charge is 0.454 e. The predicted octanol–water partition coefficient (Wildman–Crippen LogP) is 2.52. The number of piperidine rings is 1. The van der Waals surface area contributed by atoms with Crippen LogP contribution in [0.25, 0.3) is 0 Å². The average molecular weight is 295 g/mol. The van der Waals surface area contributed by atoms with Crippen molar-refractivity contribution in [1.29, 1.82) is 0 Å². The molecule has 3 aliphatic rings. The molecule has 0 saturated carbocycles. The van der Waals surface area contributed by atoms with E-state index in [0.29, 0.717) is 28.9 Å². The molecule has 2 atom stereocenters. The second-order valence-electron chi connectivity index (χ2n) is 6.10. The molecule has 3 aliphatic heterocycles. The fourth-order valence-corrected chi connectivity index (χ4v) is 4.19. The van der Waals surface area contributed by atoms with Gasteiger partial charge in [0.15, 0.2) is 11.5 Å². The van der Waals surface area contributed by atoms with Crippen molar-refractivity contribution < 1.29 is 9.47 Å². The second-order valence-corrected chi connectivity index (χ2v) is 6.51. The molecular weight excluding hydrogens is 276 g/mol. The maximum atomic E-state index is 6.26. The average Bonchev–Trinajstić information content (AvgIpc) is 2.95. The van der Waals surface area contributed by atoms with Gasteiger partial charge in [0, 0.05) is 24.7 Å². The lowest BCUT2D eigenvalue weighted by Crippen LogP contribution is -2.46. The SMILES string of the molecule is NC1CC2CCC(C1)N2Cc1cc(Cl)c2c(c1)OCO2. The number of nitrogens with zero attached hydrogens (tertiary/aromatic N) is 1. The number of hydrogen-bond donors (Lipinski definition) is 1. The van der Waals surface area contributed by atoms with E-state index in [2.05, 4.69) is 11.0 Å². The first kappa shape index (κ1) is 12.7. The van der Waals surface area contributed by atoms with Gasteiger partial charge >= 0.3 is 0 Å². The summed E-state index contributed by atoms with van der Waals surface area (Å²) in [7, 11) is 0. The Morgan fingerprint density at radius 1 is 1.20 bits per heavy atom. The summed E-state index contributed by atoms with van der Waals surface area (Å²) >= 11 is 6.26. The monoisotopic (exact) mass is 294 g/mol. The normalized spacial score (nSPS) is 31.8. The third kappa shape index (κ3) is 2.07. The highest BCUT2D eigenvalue weighted by Crippen LogP contribution is 2.41. The Hall–Kier alpha value is -0.970. The van der Waals surface area contributed by atoms with Crippen LogP contribution in [-0.2, 0) is 6.54 Å². The first-order valence-corrected chi connectivity index (χ1v) is 7.68. The molecule has 1 aromatic rings. The first-order chi connectivity index (χ1) is 9.70. The van der Waals surface area contributed by atoms with Gasteiger partial charge in [-0.25, -0.2) is 0 Å². The van der Waals surface area contributed by atoms with E-state index in [0.717, 1.165) is 25.1 Å². The summed E-state index contributed by atoms with van der Waals surface area (Å²) < 4.78 is 10.8. The number of hydrogen-bond acceptors (Lipinski definition) is 4. The molecule has 4 nitrogen and oxygen atoms in total. The van der Waals surface area contributed by atoms with E-state index in [4.69, 9.17) is 26.8 Å². The van der Waals surface area contributed by atoms with E-state index in [1.807, 2.05) is 6.07 Å². The Morgan fingerprint density at radius 2 is 1.95 bits per heavy atom. The molecule has 0 amide bonds. The van der Waals surface area contributed by atoms with Crippen molar-refractivity contribution in [3.8, 4) is 11.5 Å². The molecule has 4 rings (SSSR count). The Bertz CT molecular complexity index is 523. The molecule has 2 saturated heterocycles. The molecule has 0 radical (unpaired) electrons. The van der Waals surface area contributed by atoms with Crippen molar-refractivity contribution in [1.82, 2.24) is 4.90 Å². The lowest BCUT2D eigenvalue weighted by molar-refractivity contribution is 0.120. The molecule has 20 heavy (non-hydrogen) atoms. The van der Waals surface area contributed by atoms with Crippen LogP contribution in [0.2, 0.25) is 5.02 Å². The summed E-state index contributed by atoms with van der Waals surface area (Å²) in [6, 6.07) is 5.70. The molecule has 1 aromatic carbocycles. The maximum absolute atomic E-state index is 6.26. The zero-order chi connectivity index (χ0) is 13.7. The third-order valence-corrected chi connectivity index (χ3v) is 5.05. The van der Waals surface area contributed by atoms with Gasteiger partial charge in [0.25, 0.3) is 0 Å². The Kier molecular flexibility index (Phi) is 3.05. The van der Waals surface area contributed by atoms with Crippen LogP contribution in [0.4, 0.5) is 0 Å². The molecule has 3 heterocycles. The molecular formula is C15H19ClN2O2. The van der Waals surface area contributed by atoms with E-state index < -0.39 is 0 Å². The standard InChI is InChI=1S/C15H19ClN2O2/c16-13-3-9(4-14-15(13)20-8-19-14)7-18-11-1-2-12(18)6-10(17)5-11/h3-4,10-12H,1-2,5-8,17H2. The van der Waals surface area contributed by atoms with Gasteiger partial charge in [0.05, 0.1) is 5.02 Å². The van der Waals surface area contributed by atoms with E-state index in [1.165, 1.54) is 18.4 Å². The Balaban J connectivity index is 1.57. The highest BCUT2D eigenvalue weighted by molar-refractivity contribution is 6.32. The number of benzene rings is 1. The second kappa shape index (κ2) is 4.79. The van der Waals surface area contributed by atoms with Crippen molar-refractivity contribution >= 4 is 11.6 Å². The molecule has 2 N–H and O–H groups in total. The quantitative estimate of drug-likeness (QED) is 0.910. The van der Waals surface area contributed by atoms with Crippen molar-refractivity contribution in [2.75, 3.05) is 6.79 Å². The Labute approximate surface area is 123 Å². The maximum Gasteiger partial charge on any atom is 0.231 e. The van der Waals surface area contributed by atoms with Crippen molar-refractivity contribution in [2.24, 2.45) is 5.73 Å². The van der Waals surface area contributed by atoms with Crippen LogP contribution in [0.15, 0.2) is 12.1 Å². The molecule has 2 fully saturated rings. The zero-order valence-corrected chi connectivity index (χ0v) is 12.1. The molecule has 2 unspecified atom stereocenters. The topological polar surface area (TPSA) is 47.7 Å². The first-order valence-electron chi connectivity index (χ1n) is 7.30. The van der Waals surface area contributed by atoms with Crippen LogP contribution < -0.4 is 15.2 Å². The van der Waals surface area contributed by atoms with Gasteiger partial charge in [0.2, 0.25) is 6.79 Å². The van der Waals surface area contributed by atoms with Crippen molar-refractivity contribution in [3.63, 3.8) is 0 Å². The van der Waals surface area contributed by atoms with E-state index in [-0.39, 0.29) is 6.79 Å². The van der Waals surface area contributed by atoms with Gasteiger partial charge in [-0.2, -0.15) is 0 Å². The minimum absolute atomic E-state index is 0.266. The number of ether oxygens (including phenoxy) is 2. The summed E-state index contributed by atoms with van der Waals surface area (Å²) in [6.45, 7) is 1.20. The summed E-state index contributed by atoms with van der Waals surface area (Å²) in [6.07, 6.45) is 4.79. The molecule has 108 valence electrons. The fourth-order valence-electron chi connectivity index (χ4n) is 3.90. The minimum Gasteiger partial charge on any atom is -0.454 e. The Morgan fingerprint density at radius 3 is 2.70 bits per heavy atom. The van der Waals surface area contributed by atoms with E-state index in [9.17, 15) is 0 Å². The number of rotatable bonds is 2. The lowest BCUT2D eigenvalue weighted by atomic mass is 9.97. The van der Waals surface area contributed by atoms with Crippen LogP contribution >= 0.6 is 11.6 Å². The number of fused-ring (bicyclic) bond motifs is 3. The fraction of sp³-hybridized carbons (Fsp3) is 0.600. The number of halogens is 1. The molecule has 0 spiro atoms. The van der Waals surface area contributed by atoms with Crippen LogP contribution in [-0.4, -0.2) is 29.8 Å². The highest BCUT2D eigenvalue weighted by Gasteiger charge is 2.39. The molecule has 0 aliphatic carbocycles. The highest BCUT2D eigenvalue weighted by atomic mass is 35.5.